The molecule has 2 saturated heterocycles. The van der Waals surface area contributed by atoms with Crippen LogP contribution in [-0.2, 0) is 16.1 Å². The van der Waals surface area contributed by atoms with Crippen LogP contribution in [0.5, 0.6) is 0 Å². The third-order valence-electron chi connectivity index (χ3n) is 4.82. The monoisotopic (exact) mass is 359 g/mol. The van der Waals surface area contributed by atoms with E-state index in [0.29, 0.717) is 12.5 Å². The summed E-state index contributed by atoms with van der Waals surface area (Å²) in [6.07, 6.45) is 5.04. The lowest BCUT2D eigenvalue weighted by Gasteiger charge is -2.33. The van der Waals surface area contributed by atoms with E-state index < -0.39 is 0 Å². The Kier molecular flexibility index (Phi) is 4.63. The van der Waals surface area contributed by atoms with Crippen molar-refractivity contribution < 1.29 is 9.53 Å². The standard InChI is InChI=1S/C17H21N5O2S/c1-11-20-21-17(25-11)22-6-4-13-7-14(24-15(13)10-22)16(23)19-9-12-3-2-5-18-8-12/h2-3,5,8,13-15H,4,6-7,9-10H2,1H3,(H,19,23)/t13-,14-,15+/m1/s1. The lowest BCUT2D eigenvalue weighted by atomic mass is 9.92. The second kappa shape index (κ2) is 7.05. The molecule has 0 aliphatic carbocycles. The molecule has 8 heteroatoms. The lowest BCUT2D eigenvalue weighted by molar-refractivity contribution is -0.132. The van der Waals surface area contributed by atoms with E-state index in [-0.39, 0.29) is 18.1 Å². The molecule has 0 unspecified atom stereocenters. The highest BCUT2D eigenvalue weighted by molar-refractivity contribution is 7.15. The molecular weight excluding hydrogens is 338 g/mol. The summed E-state index contributed by atoms with van der Waals surface area (Å²) in [7, 11) is 0. The number of fused-ring (bicyclic) bond motifs is 1. The zero-order valence-corrected chi connectivity index (χ0v) is 14.9. The Bertz CT molecular complexity index is 738. The number of nitrogens with zero attached hydrogens (tertiary/aromatic N) is 4. The third-order valence-corrected chi connectivity index (χ3v) is 5.72. The number of ether oxygens (including phenoxy) is 1. The Hall–Kier alpha value is -2.06. The highest BCUT2D eigenvalue weighted by Gasteiger charge is 2.42. The Morgan fingerprint density at radius 1 is 1.48 bits per heavy atom. The van der Waals surface area contributed by atoms with Gasteiger partial charge in [0.15, 0.2) is 0 Å². The van der Waals surface area contributed by atoms with Crippen LogP contribution in [0.3, 0.4) is 0 Å². The number of rotatable bonds is 4. The number of nitrogens with one attached hydrogen (secondary N) is 1. The van der Waals surface area contributed by atoms with Crippen molar-refractivity contribution in [1.82, 2.24) is 20.5 Å². The molecule has 132 valence electrons. The Labute approximate surface area is 150 Å². The average molecular weight is 359 g/mol. The van der Waals surface area contributed by atoms with Gasteiger partial charge < -0.3 is 15.0 Å². The van der Waals surface area contributed by atoms with Crippen molar-refractivity contribution in [2.45, 2.75) is 38.5 Å². The van der Waals surface area contributed by atoms with E-state index in [1.807, 2.05) is 19.1 Å². The van der Waals surface area contributed by atoms with Crippen LogP contribution in [0, 0.1) is 12.8 Å². The van der Waals surface area contributed by atoms with Gasteiger partial charge in [0, 0.05) is 32.0 Å². The van der Waals surface area contributed by atoms with Gasteiger partial charge in [-0.1, -0.05) is 17.4 Å². The molecule has 0 saturated carbocycles. The van der Waals surface area contributed by atoms with Crippen molar-refractivity contribution in [3.8, 4) is 0 Å². The molecule has 0 radical (unpaired) electrons. The van der Waals surface area contributed by atoms with Crippen LogP contribution in [0.15, 0.2) is 24.5 Å². The quantitative estimate of drug-likeness (QED) is 0.892. The first kappa shape index (κ1) is 16.4. The number of anilines is 1. The molecule has 1 N–H and O–H groups in total. The number of aryl methyl sites for hydroxylation is 1. The third kappa shape index (κ3) is 3.64. The minimum absolute atomic E-state index is 0.0310. The first-order valence-corrected chi connectivity index (χ1v) is 9.38. The van der Waals surface area contributed by atoms with Gasteiger partial charge in [0.2, 0.25) is 11.0 Å². The summed E-state index contributed by atoms with van der Waals surface area (Å²) in [6.45, 7) is 4.18. The van der Waals surface area contributed by atoms with Crippen LogP contribution in [-0.4, -0.2) is 46.4 Å². The van der Waals surface area contributed by atoms with Crippen molar-refractivity contribution in [3.63, 3.8) is 0 Å². The number of piperidine rings is 1. The molecule has 7 nitrogen and oxygen atoms in total. The maximum absolute atomic E-state index is 12.4. The predicted molar refractivity (Wildman–Crippen MR) is 94.3 cm³/mol. The van der Waals surface area contributed by atoms with Gasteiger partial charge in [0.1, 0.15) is 11.1 Å². The summed E-state index contributed by atoms with van der Waals surface area (Å²) >= 11 is 1.60. The maximum Gasteiger partial charge on any atom is 0.249 e. The molecule has 0 spiro atoms. The van der Waals surface area contributed by atoms with Gasteiger partial charge in [0.05, 0.1) is 6.10 Å². The molecule has 2 aromatic heterocycles. The summed E-state index contributed by atoms with van der Waals surface area (Å²) < 4.78 is 6.06. The minimum Gasteiger partial charge on any atom is -0.363 e. The predicted octanol–water partition coefficient (Wildman–Crippen LogP) is 1.54. The normalized spacial score (nSPS) is 25.6. The molecule has 4 heterocycles. The molecule has 2 aliphatic rings. The van der Waals surface area contributed by atoms with Crippen molar-refractivity contribution in [2.75, 3.05) is 18.0 Å². The molecular formula is C17H21N5O2S. The zero-order valence-electron chi connectivity index (χ0n) is 14.1. The number of carbonyl (C=O) groups excluding carboxylic acids is 1. The molecule has 0 bridgehead atoms. The van der Waals surface area contributed by atoms with E-state index in [1.165, 1.54) is 0 Å². The zero-order chi connectivity index (χ0) is 17.2. The summed E-state index contributed by atoms with van der Waals surface area (Å²) in [5.74, 6) is 0.413. The first-order valence-electron chi connectivity index (χ1n) is 8.56. The summed E-state index contributed by atoms with van der Waals surface area (Å²) in [6, 6.07) is 3.82. The van der Waals surface area contributed by atoms with Gasteiger partial charge in [-0.25, -0.2) is 0 Å². The van der Waals surface area contributed by atoms with Crippen molar-refractivity contribution in [3.05, 3.63) is 35.1 Å². The van der Waals surface area contributed by atoms with E-state index in [2.05, 4.69) is 25.4 Å². The molecule has 2 aliphatic heterocycles. The molecule has 4 rings (SSSR count). The number of aromatic nitrogens is 3. The maximum atomic E-state index is 12.4. The van der Waals surface area contributed by atoms with E-state index in [9.17, 15) is 4.79 Å². The molecule has 1 amide bonds. The first-order chi connectivity index (χ1) is 12.2. The summed E-state index contributed by atoms with van der Waals surface area (Å²) in [5.41, 5.74) is 0.990. The number of carbonyl (C=O) groups is 1. The van der Waals surface area contributed by atoms with Crippen LogP contribution in [0.4, 0.5) is 5.13 Å². The van der Waals surface area contributed by atoms with E-state index in [1.54, 1.807) is 23.7 Å². The van der Waals surface area contributed by atoms with E-state index in [4.69, 9.17) is 4.74 Å². The fourth-order valence-electron chi connectivity index (χ4n) is 3.49. The Morgan fingerprint density at radius 2 is 2.40 bits per heavy atom. The van der Waals surface area contributed by atoms with Gasteiger partial charge in [0.25, 0.3) is 0 Å². The van der Waals surface area contributed by atoms with Crippen LogP contribution in [0.25, 0.3) is 0 Å². The SMILES string of the molecule is Cc1nnc(N2CC[C@@H]3C[C@H](C(=O)NCc4cccnc4)O[C@H]3C2)s1. The van der Waals surface area contributed by atoms with Crippen molar-refractivity contribution in [1.29, 1.82) is 0 Å². The molecule has 2 fully saturated rings. The summed E-state index contributed by atoms with van der Waals surface area (Å²) in [5, 5.41) is 13.2. The molecule has 3 atom stereocenters. The lowest BCUT2D eigenvalue weighted by Crippen LogP contribution is -2.42. The van der Waals surface area contributed by atoms with Gasteiger partial charge in [-0.3, -0.25) is 9.78 Å². The minimum atomic E-state index is -0.359. The average Bonchev–Trinajstić information content (AvgIpc) is 3.26. The van der Waals surface area contributed by atoms with Crippen LogP contribution < -0.4 is 10.2 Å². The van der Waals surface area contributed by atoms with Gasteiger partial charge in [-0.2, -0.15) is 0 Å². The van der Waals surface area contributed by atoms with Gasteiger partial charge >= 0.3 is 0 Å². The number of hydrogen-bond acceptors (Lipinski definition) is 7. The summed E-state index contributed by atoms with van der Waals surface area (Å²) in [4.78, 5) is 18.7. The second-order valence-corrected chi connectivity index (χ2v) is 7.74. The van der Waals surface area contributed by atoms with Crippen LogP contribution in [0.2, 0.25) is 0 Å². The molecule has 25 heavy (non-hydrogen) atoms. The van der Waals surface area contributed by atoms with Gasteiger partial charge in [-0.05, 0) is 37.3 Å². The van der Waals surface area contributed by atoms with Crippen molar-refractivity contribution >= 4 is 22.4 Å². The van der Waals surface area contributed by atoms with Gasteiger partial charge in [-0.15, -0.1) is 10.2 Å². The second-order valence-electron chi connectivity index (χ2n) is 6.58. The Morgan fingerprint density at radius 3 is 3.16 bits per heavy atom. The smallest absolute Gasteiger partial charge is 0.249 e. The van der Waals surface area contributed by atoms with E-state index in [0.717, 1.165) is 41.6 Å². The Balaban J connectivity index is 1.32. The fraction of sp³-hybridized carbons (Fsp3) is 0.529. The molecule has 0 aromatic carbocycles. The molecule has 2 aromatic rings. The number of hydrogen-bond donors (Lipinski definition) is 1. The topological polar surface area (TPSA) is 80.2 Å². The number of amides is 1. The van der Waals surface area contributed by atoms with Crippen LogP contribution in [0.1, 0.15) is 23.4 Å². The number of pyridine rings is 1. The van der Waals surface area contributed by atoms with Crippen LogP contribution >= 0.6 is 11.3 Å². The largest absolute Gasteiger partial charge is 0.363 e. The van der Waals surface area contributed by atoms with Crippen molar-refractivity contribution in [2.24, 2.45) is 5.92 Å². The fourth-order valence-corrected chi connectivity index (χ4v) is 4.22. The highest BCUT2D eigenvalue weighted by Crippen LogP contribution is 2.35. The van der Waals surface area contributed by atoms with E-state index >= 15 is 0 Å². The highest BCUT2D eigenvalue weighted by atomic mass is 32.1.